The molecule has 3 N–H and O–H groups in total. The topological polar surface area (TPSA) is 90.7 Å². The van der Waals surface area contributed by atoms with Crippen LogP contribution in [0.3, 0.4) is 0 Å². The van der Waals surface area contributed by atoms with Gasteiger partial charge in [0.05, 0.1) is 19.8 Å². The van der Waals surface area contributed by atoms with Crippen LogP contribution in [0.1, 0.15) is 34.1 Å². The van der Waals surface area contributed by atoms with Crippen molar-refractivity contribution in [3.63, 3.8) is 0 Å². The lowest BCUT2D eigenvalue weighted by Crippen LogP contribution is -2.16. The molecule has 0 spiro atoms. The first-order valence-corrected chi connectivity index (χ1v) is 8.73. The van der Waals surface area contributed by atoms with E-state index in [-0.39, 0.29) is 12.3 Å². The second kappa shape index (κ2) is 8.53. The maximum Gasteiger partial charge on any atom is 0.251 e. The number of amides is 2. The first-order chi connectivity index (χ1) is 12.0. The predicted octanol–water partition coefficient (Wildman–Crippen LogP) is 3.00. The number of carbonyl (C=O) groups excluding carboxylic acids is 2. The Hall–Kier alpha value is -2.54. The Morgan fingerprint density at radius 2 is 1.88 bits per heavy atom. The lowest BCUT2D eigenvalue weighted by atomic mass is 10.1. The fourth-order valence-corrected chi connectivity index (χ4v) is 3.39. The van der Waals surface area contributed by atoms with E-state index in [0.29, 0.717) is 28.5 Å². The molecule has 0 aliphatic carbocycles. The number of anilines is 1. The van der Waals surface area contributed by atoms with Crippen molar-refractivity contribution in [2.75, 3.05) is 19.5 Å². The van der Waals surface area contributed by atoms with Gasteiger partial charge in [-0.15, -0.1) is 11.3 Å². The molecule has 1 aromatic heterocycles. The van der Waals surface area contributed by atoms with Crippen molar-refractivity contribution < 1.29 is 19.1 Å². The predicted molar refractivity (Wildman–Crippen MR) is 98.7 cm³/mol. The minimum Gasteiger partial charge on any atom is -0.493 e. The summed E-state index contributed by atoms with van der Waals surface area (Å²) in [5, 5.41) is 3.31. The van der Waals surface area contributed by atoms with E-state index in [1.54, 1.807) is 20.3 Å². The molecule has 0 saturated carbocycles. The molecule has 7 heteroatoms. The van der Waals surface area contributed by atoms with Gasteiger partial charge in [-0.05, 0) is 36.6 Å². The average molecular weight is 362 g/mol. The van der Waals surface area contributed by atoms with Gasteiger partial charge in [-0.2, -0.15) is 0 Å². The smallest absolute Gasteiger partial charge is 0.251 e. The van der Waals surface area contributed by atoms with Crippen molar-refractivity contribution in [1.29, 1.82) is 0 Å². The van der Waals surface area contributed by atoms with Gasteiger partial charge in [0.25, 0.3) is 5.91 Å². The van der Waals surface area contributed by atoms with Gasteiger partial charge in [-0.25, -0.2) is 0 Å². The molecule has 0 aliphatic rings. The van der Waals surface area contributed by atoms with Crippen molar-refractivity contribution in [2.24, 2.45) is 5.73 Å². The number of hydrogen-bond donors (Lipinski definition) is 2. The summed E-state index contributed by atoms with van der Waals surface area (Å²) in [4.78, 5) is 24.7. The third kappa shape index (κ3) is 4.73. The van der Waals surface area contributed by atoms with E-state index in [4.69, 9.17) is 15.2 Å². The fraction of sp³-hybridized carbons (Fsp3) is 0.333. The van der Waals surface area contributed by atoms with Gasteiger partial charge in [0.1, 0.15) is 5.00 Å². The number of ether oxygens (including phenoxy) is 2. The Morgan fingerprint density at radius 1 is 1.16 bits per heavy atom. The van der Waals surface area contributed by atoms with Crippen LogP contribution in [0, 0.1) is 0 Å². The number of aryl methyl sites for hydroxylation is 2. The van der Waals surface area contributed by atoms with Gasteiger partial charge < -0.3 is 20.5 Å². The Labute approximate surface area is 150 Å². The second-order valence-corrected chi connectivity index (χ2v) is 6.55. The van der Waals surface area contributed by atoms with Crippen LogP contribution >= 0.6 is 11.3 Å². The zero-order valence-electron chi connectivity index (χ0n) is 14.5. The van der Waals surface area contributed by atoms with Crippen LogP contribution in [0.25, 0.3) is 0 Å². The SMILES string of the molecule is CCc1cc(C(N)=O)c(NC(=O)CCc2ccc(OC)c(OC)c2)s1. The lowest BCUT2D eigenvalue weighted by molar-refractivity contribution is -0.116. The summed E-state index contributed by atoms with van der Waals surface area (Å²) in [5.74, 6) is 0.572. The molecule has 0 aliphatic heterocycles. The van der Waals surface area contributed by atoms with Gasteiger partial charge in [-0.1, -0.05) is 13.0 Å². The normalized spacial score (nSPS) is 10.4. The number of nitrogens with two attached hydrogens (primary N) is 1. The molecule has 2 amide bonds. The first-order valence-electron chi connectivity index (χ1n) is 7.91. The van der Waals surface area contributed by atoms with Gasteiger partial charge in [0, 0.05) is 11.3 Å². The van der Waals surface area contributed by atoms with E-state index >= 15 is 0 Å². The third-order valence-corrected chi connectivity index (χ3v) is 4.93. The molecule has 0 unspecified atom stereocenters. The fourth-order valence-electron chi connectivity index (χ4n) is 2.38. The number of rotatable bonds is 8. The summed E-state index contributed by atoms with van der Waals surface area (Å²) < 4.78 is 10.5. The van der Waals surface area contributed by atoms with Crippen LogP contribution in [-0.2, 0) is 17.6 Å². The van der Waals surface area contributed by atoms with Crippen LogP contribution in [0.4, 0.5) is 5.00 Å². The van der Waals surface area contributed by atoms with Gasteiger partial charge in [-0.3, -0.25) is 9.59 Å². The summed E-state index contributed by atoms with van der Waals surface area (Å²) in [6.07, 6.45) is 1.61. The zero-order valence-corrected chi connectivity index (χ0v) is 15.4. The lowest BCUT2D eigenvalue weighted by Gasteiger charge is -2.09. The molecule has 1 heterocycles. The molecule has 0 atom stereocenters. The number of thiophene rings is 1. The number of primary amides is 1. The molecule has 0 bridgehead atoms. The molecule has 6 nitrogen and oxygen atoms in total. The van der Waals surface area contributed by atoms with Crippen LogP contribution in [0.2, 0.25) is 0 Å². The quantitative estimate of drug-likeness (QED) is 0.755. The van der Waals surface area contributed by atoms with E-state index in [0.717, 1.165) is 16.9 Å². The van der Waals surface area contributed by atoms with Crippen LogP contribution in [-0.4, -0.2) is 26.0 Å². The number of nitrogens with one attached hydrogen (secondary N) is 1. The maximum atomic E-state index is 12.2. The Morgan fingerprint density at radius 3 is 2.48 bits per heavy atom. The molecule has 0 fully saturated rings. The standard InChI is InChI=1S/C18H22N2O4S/c1-4-12-10-13(17(19)22)18(25-12)20-16(21)8-6-11-5-7-14(23-2)15(9-11)24-3/h5,7,9-10H,4,6,8H2,1-3H3,(H2,19,22)(H,20,21). The van der Waals surface area contributed by atoms with Gasteiger partial charge >= 0.3 is 0 Å². The van der Waals surface area contributed by atoms with E-state index in [1.165, 1.54) is 11.3 Å². The van der Waals surface area contributed by atoms with Crippen molar-refractivity contribution in [1.82, 2.24) is 0 Å². The summed E-state index contributed by atoms with van der Waals surface area (Å²) in [6, 6.07) is 7.28. The third-order valence-electron chi connectivity index (χ3n) is 3.74. The maximum absolute atomic E-state index is 12.2. The average Bonchev–Trinajstić information content (AvgIpc) is 3.02. The number of methoxy groups -OCH3 is 2. The van der Waals surface area contributed by atoms with E-state index in [2.05, 4.69) is 5.32 Å². The van der Waals surface area contributed by atoms with E-state index < -0.39 is 5.91 Å². The van der Waals surface area contributed by atoms with Crippen molar-refractivity contribution in [3.8, 4) is 11.5 Å². The highest BCUT2D eigenvalue weighted by molar-refractivity contribution is 7.16. The zero-order chi connectivity index (χ0) is 18.4. The largest absolute Gasteiger partial charge is 0.493 e. The Bertz CT molecular complexity index is 770. The number of benzene rings is 1. The van der Waals surface area contributed by atoms with E-state index in [9.17, 15) is 9.59 Å². The van der Waals surface area contributed by atoms with Crippen LogP contribution in [0.15, 0.2) is 24.3 Å². The molecule has 1 aromatic carbocycles. The molecular weight excluding hydrogens is 340 g/mol. The Balaban J connectivity index is 2.02. The Kier molecular flexibility index (Phi) is 6.41. The highest BCUT2D eigenvalue weighted by Gasteiger charge is 2.15. The molecule has 134 valence electrons. The van der Waals surface area contributed by atoms with Crippen LogP contribution < -0.4 is 20.5 Å². The van der Waals surface area contributed by atoms with Crippen molar-refractivity contribution in [3.05, 3.63) is 40.3 Å². The molecule has 2 rings (SSSR count). The highest BCUT2D eigenvalue weighted by atomic mass is 32.1. The highest BCUT2D eigenvalue weighted by Crippen LogP contribution is 2.29. The van der Waals surface area contributed by atoms with Crippen LogP contribution in [0.5, 0.6) is 11.5 Å². The summed E-state index contributed by atoms with van der Waals surface area (Å²) in [7, 11) is 3.15. The summed E-state index contributed by atoms with van der Waals surface area (Å²) in [6.45, 7) is 1.99. The molecule has 0 saturated heterocycles. The molecule has 0 radical (unpaired) electrons. The molecule has 2 aromatic rings. The summed E-state index contributed by atoms with van der Waals surface area (Å²) in [5.41, 5.74) is 6.70. The molecule has 25 heavy (non-hydrogen) atoms. The summed E-state index contributed by atoms with van der Waals surface area (Å²) >= 11 is 1.38. The minimum atomic E-state index is -0.536. The number of carbonyl (C=O) groups is 2. The monoisotopic (exact) mass is 362 g/mol. The minimum absolute atomic E-state index is 0.165. The number of hydrogen-bond acceptors (Lipinski definition) is 5. The van der Waals surface area contributed by atoms with E-state index in [1.807, 2.05) is 25.1 Å². The van der Waals surface area contributed by atoms with Gasteiger partial charge in [0.2, 0.25) is 5.91 Å². The first kappa shape index (κ1) is 18.8. The molecular formula is C18H22N2O4S. The van der Waals surface area contributed by atoms with Gasteiger partial charge in [0.15, 0.2) is 11.5 Å². The second-order valence-electron chi connectivity index (χ2n) is 5.41. The van der Waals surface area contributed by atoms with Crippen molar-refractivity contribution in [2.45, 2.75) is 26.2 Å². The van der Waals surface area contributed by atoms with Crippen molar-refractivity contribution >= 4 is 28.2 Å².